The number of ketones is 1. The van der Waals surface area contributed by atoms with Gasteiger partial charge in [-0.3, -0.25) is 4.79 Å². The van der Waals surface area contributed by atoms with Gasteiger partial charge in [0.15, 0.2) is 5.78 Å². The summed E-state index contributed by atoms with van der Waals surface area (Å²) in [6.07, 6.45) is -3.32. The molecule has 3 aromatic rings. The molecule has 0 aliphatic carbocycles. The Morgan fingerprint density at radius 3 is 2.12 bits per heavy atom. The molecular formula is C26H26F3NOS. The van der Waals surface area contributed by atoms with Crippen LogP contribution in [0.3, 0.4) is 0 Å². The summed E-state index contributed by atoms with van der Waals surface area (Å²) in [4.78, 5) is 13.8. The molecule has 0 aliphatic rings. The molecule has 168 valence electrons. The van der Waals surface area contributed by atoms with Crippen LogP contribution in [0.15, 0.2) is 77.7 Å². The quantitative estimate of drug-likeness (QED) is 0.215. The van der Waals surface area contributed by atoms with Crippen molar-refractivity contribution in [3.05, 3.63) is 95.1 Å². The first-order valence-electron chi connectivity index (χ1n) is 10.4. The van der Waals surface area contributed by atoms with Crippen LogP contribution < -0.4 is 5.73 Å². The van der Waals surface area contributed by atoms with Gasteiger partial charge in [-0.05, 0) is 47.7 Å². The lowest BCUT2D eigenvalue weighted by Crippen LogP contribution is -2.08. The van der Waals surface area contributed by atoms with Gasteiger partial charge in [0.2, 0.25) is 0 Å². The summed E-state index contributed by atoms with van der Waals surface area (Å²) in [7, 11) is 0. The van der Waals surface area contributed by atoms with Crippen LogP contribution in [0, 0.1) is 5.92 Å². The van der Waals surface area contributed by atoms with E-state index >= 15 is 0 Å². The third kappa shape index (κ3) is 6.39. The first-order valence-corrected chi connectivity index (χ1v) is 11.3. The zero-order chi connectivity index (χ0) is 23.3. The maximum absolute atomic E-state index is 13.0. The molecule has 0 heterocycles. The van der Waals surface area contributed by atoms with Crippen LogP contribution in [0.1, 0.15) is 52.6 Å². The van der Waals surface area contributed by atoms with Gasteiger partial charge in [-0.25, -0.2) is 0 Å². The Kier molecular flexibility index (Phi) is 7.67. The maximum atomic E-state index is 13.0. The van der Waals surface area contributed by atoms with E-state index in [4.69, 9.17) is 5.73 Å². The van der Waals surface area contributed by atoms with Crippen molar-refractivity contribution in [3.63, 3.8) is 0 Å². The van der Waals surface area contributed by atoms with E-state index in [1.807, 2.05) is 42.5 Å². The molecule has 0 fully saturated rings. The molecule has 0 radical (unpaired) electrons. The molecule has 6 heteroatoms. The zero-order valence-corrected chi connectivity index (χ0v) is 18.8. The highest BCUT2D eigenvalue weighted by molar-refractivity contribution is 7.99. The smallest absolute Gasteiger partial charge is 0.398 e. The van der Waals surface area contributed by atoms with Gasteiger partial charge in [-0.1, -0.05) is 62.4 Å². The maximum Gasteiger partial charge on any atom is 0.416 e. The molecule has 2 N–H and O–H groups in total. The number of Topliss-reactive ketones (excluding diaryl/α,β-unsaturated/α-hetero) is 1. The van der Waals surface area contributed by atoms with Crippen molar-refractivity contribution in [1.29, 1.82) is 0 Å². The van der Waals surface area contributed by atoms with Gasteiger partial charge in [-0.15, -0.1) is 11.8 Å². The summed E-state index contributed by atoms with van der Waals surface area (Å²) in [6, 6.07) is 19.8. The van der Waals surface area contributed by atoms with Gasteiger partial charge >= 0.3 is 6.18 Å². The number of anilines is 1. The van der Waals surface area contributed by atoms with E-state index in [-0.39, 0.29) is 17.5 Å². The van der Waals surface area contributed by atoms with Crippen molar-refractivity contribution >= 4 is 23.2 Å². The minimum Gasteiger partial charge on any atom is -0.398 e. The predicted molar refractivity (Wildman–Crippen MR) is 125 cm³/mol. The second-order valence-electron chi connectivity index (χ2n) is 8.19. The molecule has 0 unspecified atom stereocenters. The highest BCUT2D eigenvalue weighted by Gasteiger charge is 2.30. The van der Waals surface area contributed by atoms with Gasteiger partial charge in [0.1, 0.15) is 0 Å². The Labute approximate surface area is 191 Å². The van der Waals surface area contributed by atoms with E-state index in [0.29, 0.717) is 22.7 Å². The third-order valence-electron chi connectivity index (χ3n) is 5.09. The van der Waals surface area contributed by atoms with Crippen LogP contribution in [-0.2, 0) is 12.6 Å². The number of nitrogens with two attached hydrogens (primary N) is 1. The number of alkyl halides is 3. The van der Waals surface area contributed by atoms with Crippen molar-refractivity contribution in [2.24, 2.45) is 5.92 Å². The summed E-state index contributed by atoms with van der Waals surface area (Å²) < 4.78 is 39.0. The number of hydrogen-bond acceptors (Lipinski definition) is 3. The first kappa shape index (κ1) is 23.9. The van der Waals surface area contributed by atoms with Gasteiger partial charge in [0.25, 0.3) is 0 Å². The zero-order valence-electron chi connectivity index (χ0n) is 18.0. The van der Waals surface area contributed by atoms with E-state index in [2.05, 4.69) is 13.8 Å². The normalized spacial score (nSPS) is 12.7. The largest absolute Gasteiger partial charge is 0.416 e. The summed E-state index contributed by atoms with van der Waals surface area (Å²) in [6.45, 7) is 4.28. The summed E-state index contributed by atoms with van der Waals surface area (Å²) in [5.74, 6) is 0.460. The Hall–Kier alpha value is -2.73. The fraction of sp³-hybridized carbons (Fsp3) is 0.269. The molecule has 2 nitrogen and oxygen atoms in total. The average molecular weight is 458 g/mol. The van der Waals surface area contributed by atoms with E-state index in [1.165, 1.54) is 29.5 Å². The fourth-order valence-electron chi connectivity index (χ4n) is 3.44. The van der Waals surface area contributed by atoms with Crippen LogP contribution in [0.25, 0.3) is 0 Å². The molecule has 0 spiro atoms. The number of hydrogen-bond donors (Lipinski definition) is 1. The van der Waals surface area contributed by atoms with Crippen molar-refractivity contribution in [3.8, 4) is 0 Å². The van der Waals surface area contributed by atoms with Gasteiger partial charge < -0.3 is 5.73 Å². The fourth-order valence-corrected chi connectivity index (χ4v) is 4.64. The molecule has 0 aromatic heterocycles. The van der Waals surface area contributed by atoms with Crippen molar-refractivity contribution in [2.75, 3.05) is 5.73 Å². The molecule has 32 heavy (non-hydrogen) atoms. The standard InChI is InChI=1S/C26H26F3NOS/c1-17(2)15-18-7-9-19(10-8-18)23(31)16-25(32-24-6-4-3-5-22(24)30)20-11-13-21(14-12-20)26(27,28)29/h3-14,17,25H,15-16,30H2,1-2H3/t25-/m0/s1. The van der Waals surface area contributed by atoms with E-state index in [1.54, 1.807) is 6.07 Å². The number of benzene rings is 3. The van der Waals surface area contributed by atoms with Crippen LogP contribution in [0.5, 0.6) is 0 Å². The van der Waals surface area contributed by atoms with Crippen LogP contribution in [0.4, 0.5) is 18.9 Å². The highest BCUT2D eigenvalue weighted by Crippen LogP contribution is 2.41. The number of carbonyl (C=O) groups is 1. The summed E-state index contributed by atoms with van der Waals surface area (Å²) >= 11 is 1.39. The van der Waals surface area contributed by atoms with E-state index in [9.17, 15) is 18.0 Å². The molecule has 0 bridgehead atoms. The van der Waals surface area contributed by atoms with Crippen molar-refractivity contribution in [2.45, 2.75) is 43.0 Å². The first-order chi connectivity index (χ1) is 15.1. The Balaban J connectivity index is 1.85. The van der Waals surface area contributed by atoms with E-state index in [0.717, 1.165) is 23.4 Å². The minimum atomic E-state index is -4.40. The number of rotatable bonds is 8. The van der Waals surface area contributed by atoms with Crippen molar-refractivity contribution in [1.82, 2.24) is 0 Å². The molecular weight excluding hydrogens is 431 g/mol. The second kappa shape index (κ2) is 10.3. The summed E-state index contributed by atoms with van der Waals surface area (Å²) in [5, 5.41) is -0.371. The van der Waals surface area contributed by atoms with Crippen LogP contribution in [0.2, 0.25) is 0 Å². The number of halogens is 3. The molecule has 1 atom stereocenters. The van der Waals surface area contributed by atoms with Crippen LogP contribution in [-0.4, -0.2) is 5.78 Å². The Morgan fingerprint density at radius 1 is 0.938 bits per heavy atom. The Morgan fingerprint density at radius 2 is 1.56 bits per heavy atom. The molecule has 0 saturated carbocycles. The lowest BCUT2D eigenvalue weighted by Gasteiger charge is -2.19. The molecule has 3 rings (SSSR count). The number of thioether (sulfide) groups is 1. The molecule has 0 amide bonds. The van der Waals surface area contributed by atoms with Crippen molar-refractivity contribution < 1.29 is 18.0 Å². The van der Waals surface area contributed by atoms with Gasteiger partial charge in [-0.2, -0.15) is 13.2 Å². The molecule has 0 aliphatic heterocycles. The number of nitrogen functional groups attached to an aromatic ring is 1. The Bertz CT molecular complexity index is 1040. The minimum absolute atomic E-state index is 0.0620. The van der Waals surface area contributed by atoms with Gasteiger partial charge in [0, 0.05) is 27.8 Å². The lowest BCUT2D eigenvalue weighted by atomic mass is 9.98. The molecule has 3 aromatic carbocycles. The monoisotopic (exact) mass is 457 g/mol. The lowest BCUT2D eigenvalue weighted by molar-refractivity contribution is -0.137. The number of para-hydroxylation sites is 1. The highest BCUT2D eigenvalue weighted by atomic mass is 32.2. The predicted octanol–water partition coefficient (Wildman–Crippen LogP) is 7.59. The SMILES string of the molecule is CC(C)Cc1ccc(C(=O)C[C@H](Sc2ccccc2N)c2ccc(C(F)(F)F)cc2)cc1. The van der Waals surface area contributed by atoms with E-state index < -0.39 is 11.7 Å². The number of carbonyl (C=O) groups excluding carboxylic acids is 1. The second-order valence-corrected chi connectivity index (χ2v) is 9.43. The van der Waals surface area contributed by atoms with Gasteiger partial charge in [0.05, 0.1) is 5.56 Å². The molecule has 0 saturated heterocycles. The summed E-state index contributed by atoms with van der Waals surface area (Å²) in [5.41, 5.74) is 8.34. The van der Waals surface area contributed by atoms with Crippen LogP contribution >= 0.6 is 11.8 Å². The third-order valence-corrected chi connectivity index (χ3v) is 6.44. The average Bonchev–Trinajstić information content (AvgIpc) is 2.74. The topological polar surface area (TPSA) is 43.1 Å².